The van der Waals surface area contributed by atoms with E-state index >= 15 is 0 Å². The average molecular weight is 272 g/mol. The number of benzene rings is 1. The molecule has 2 aromatic rings. The summed E-state index contributed by atoms with van der Waals surface area (Å²) < 4.78 is 5.27. The van der Waals surface area contributed by atoms with Crippen LogP contribution in [0, 0.1) is 6.92 Å². The first-order chi connectivity index (χ1) is 9.61. The van der Waals surface area contributed by atoms with Crippen LogP contribution >= 0.6 is 0 Å². The quantitative estimate of drug-likeness (QED) is 0.875. The lowest BCUT2D eigenvalue weighted by molar-refractivity contribution is 0.0695. The molecule has 0 saturated carbocycles. The molecule has 0 unspecified atom stereocenters. The van der Waals surface area contributed by atoms with Crippen molar-refractivity contribution in [2.45, 2.75) is 13.5 Å². The van der Waals surface area contributed by atoms with Crippen LogP contribution in [-0.4, -0.2) is 23.2 Å². The summed E-state index contributed by atoms with van der Waals surface area (Å²) in [4.78, 5) is 15.2. The van der Waals surface area contributed by atoms with Gasteiger partial charge in [0.25, 0.3) is 0 Å². The molecule has 104 valence electrons. The number of nitrogens with zero attached hydrogens (tertiary/aromatic N) is 1. The number of pyridine rings is 1. The molecule has 0 aliphatic heterocycles. The van der Waals surface area contributed by atoms with E-state index in [9.17, 15) is 4.79 Å². The summed E-state index contributed by atoms with van der Waals surface area (Å²) in [6, 6.07) is 10.9. The van der Waals surface area contributed by atoms with Crippen molar-refractivity contribution in [3.63, 3.8) is 0 Å². The Morgan fingerprint density at radius 1 is 1.30 bits per heavy atom. The maximum absolute atomic E-state index is 10.9. The van der Waals surface area contributed by atoms with E-state index in [4.69, 9.17) is 9.84 Å². The highest BCUT2D eigenvalue weighted by molar-refractivity contribution is 5.89. The van der Waals surface area contributed by atoms with Crippen molar-refractivity contribution in [1.29, 1.82) is 0 Å². The van der Waals surface area contributed by atoms with Gasteiger partial charge in [-0.1, -0.05) is 18.2 Å². The molecule has 0 amide bonds. The van der Waals surface area contributed by atoms with Gasteiger partial charge in [0, 0.05) is 12.1 Å². The molecule has 0 aliphatic carbocycles. The molecular formula is C15H16N2O3. The lowest BCUT2D eigenvalue weighted by Gasteiger charge is -2.10. The fourth-order valence-electron chi connectivity index (χ4n) is 1.92. The lowest BCUT2D eigenvalue weighted by Crippen LogP contribution is -2.06. The van der Waals surface area contributed by atoms with Gasteiger partial charge in [0.1, 0.15) is 11.6 Å². The minimum Gasteiger partial charge on any atom is -0.496 e. The SMILES string of the molecule is COc1ccccc1CNc1ccc(C(=O)O)c(C)n1. The number of hydrogen-bond donors (Lipinski definition) is 2. The molecule has 5 nitrogen and oxygen atoms in total. The number of aryl methyl sites for hydroxylation is 1. The Labute approximate surface area is 117 Å². The summed E-state index contributed by atoms with van der Waals surface area (Å²) in [6.07, 6.45) is 0. The van der Waals surface area contributed by atoms with E-state index in [-0.39, 0.29) is 5.56 Å². The number of anilines is 1. The van der Waals surface area contributed by atoms with E-state index in [2.05, 4.69) is 10.3 Å². The topological polar surface area (TPSA) is 71.5 Å². The highest BCUT2D eigenvalue weighted by Gasteiger charge is 2.09. The van der Waals surface area contributed by atoms with E-state index in [1.165, 1.54) is 0 Å². The fourth-order valence-corrected chi connectivity index (χ4v) is 1.92. The van der Waals surface area contributed by atoms with E-state index in [1.54, 1.807) is 26.2 Å². The molecule has 0 fully saturated rings. The molecule has 1 aromatic heterocycles. The first-order valence-corrected chi connectivity index (χ1v) is 6.18. The van der Waals surface area contributed by atoms with Gasteiger partial charge in [0.05, 0.1) is 18.4 Å². The zero-order chi connectivity index (χ0) is 14.5. The summed E-state index contributed by atoms with van der Waals surface area (Å²) in [6.45, 7) is 2.24. The average Bonchev–Trinajstić information content (AvgIpc) is 2.45. The molecule has 0 saturated heterocycles. The van der Waals surface area contributed by atoms with Crippen molar-refractivity contribution in [3.05, 3.63) is 53.2 Å². The first kappa shape index (κ1) is 13.9. The molecule has 2 rings (SSSR count). The molecule has 1 aromatic carbocycles. The van der Waals surface area contributed by atoms with E-state index in [1.807, 2.05) is 24.3 Å². The number of para-hydroxylation sites is 1. The van der Waals surface area contributed by atoms with E-state index in [0.29, 0.717) is 18.1 Å². The van der Waals surface area contributed by atoms with Gasteiger partial charge in [0.2, 0.25) is 0 Å². The number of carboxylic acid groups (broad SMARTS) is 1. The van der Waals surface area contributed by atoms with Crippen LogP contribution in [0.4, 0.5) is 5.82 Å². The number of ether oxygens (including phenoxy) is 1. The van der Waals surface area contributed by atoms with Crippen LogP contribution in [0.25, 0.3) is 0 Å². The Morgan fingerprint density at radius 2 is 2.05 bits per heavy atom. The van der Waals surface area contributed by atoms with Gasteiger partial charge in [-0.3, -0.25) is 0 Å². The molecule has 5 heteroatoms. The number of aromatic nitrogens is 1. The van der Waals surface area contributed by atoms with Gasteiger partial charge in [0.15, 0.2) is 0 Å². The van der Waals surface area contributed by atoms with Crippen molar-refractivity contribution < 1.29 is 14.6 Å². The number of methoxy groups -OCH3 is 1. The highest BCUT2D eigenvalue weighted by Crippen LogP contribution is 2.19. The lowest BCUT2D eigenvalue weighted by atomic mass is 10.2. The fraction of sp³-hybridized carbons (Fsp3) is 0.200. The maximum atomic E-state index is 10.9. The third kappa shape index (κ3) is 3.06. The Hall–Kier alpha value is -2.56. The summed E-state index contributed by atoms with van der Waals surface area (Å²) >= 11 is 0. The van der Waals surface area contributed by atoms with Crippen molar-refractivity contribution in [3.8, 4) is 5.75 Å². The van der Waals surface area contributed by atoms with Crippen LogP contribution in [0.15, 0.2) is 36.4 Å². The minimum atomic E-state index is -0.966. The largest absolute Gasteiger partial charge is 0.496 e. The number of rotatable bonds is 5. The third-order valence-corrected chi connectivity index (χ3v) is 2.97. The molecule has 0 radical (unpaired) electrons. The number of hydrogen-bond acceptors (Lipinski definition) is 4. The van der Waals surface area contributed by atoms with E-state index < -0.39 is 5.97 Å². The van der Waals surface area contributed by atoms with Crippen LogP contribution in [-0.2, 0) is 6.54 Å². The number of carboxylic acids is 1. The van der Waals surface area contributed by atoms with Crippen molar-refractivity contribution in [2.75, 3.05) is 12.4 Å². The normalized spacial score (nSPS) is 10.1. The third-order valence-electron chi connectivity index (χ3n) is 2.97. The molecule has 0 atom stereocenters. The Kier molecular flexibility index (Phi) is 4.20. The standard InChI is InChI=1S/C15H16N2O3/c1-10-12(15(18)19)7-8-14(17-10)16-9-11-5-3-4-6-13(11)20-2/h3-8H,9H2,1-2H3,(H,16,17)(H,18,19). The van der Waals surface area contributed by atoms with Gasteiger partial charge in [-0.15, -0.1) is 0 Å². The number of carbonyl (C=O) groups is 1. The van der Waals surface area contributed by atoms with Crippen LogP contribution in [0.2, 0.25) is 0 Å². The molecule has 20 heavy (non-hydrogen) atoms. The molecule has 0 bridgehead atoms. The van der Waals surface area contributed by atoms with Gasteiger partial charge in [-0.05, 0) is 25.1 Å². The summed E-state index contributed by atoms with van der Waals surface area (Å²) in [5, 5.41) is 12.1. The van der Waals surface area contributed by atoms with E-state index in [0.717, 1.165) is 11.3 Å². The first-order valence-electron chi connectivity index (χ1n) is 6.18. The second-order valence-corrected chi connectivity index (χ2v) is 4.30. The second kappa shape index (κ2) is 6.06. The van der Waals surface area contributed by atoms with Crippen LogP contribution < -0.4 is 10.1 Å². The number of nitrogens with one attached hydrogen (secondary N) is 1. The molecule has 2 N–H and O–H groups in total. The van der Waals surface area contributed by atoms with Crippen LogP contribution in [0.3, 0.4) is 0 Å². The summed E-state index contributed by atoms with van der Waals surface area (Å²) in [5.74, 6) is 0.476. The number of aromatic carboxylic acids is 1. The maximum Gasteiger partial charge on any atom is 0.337 e. The molecule has 0 spiro atoms. The van der Waals surface area contributed by atoms with Crippen molar-refractivity contribution in [1.82, 2.24) is 4.98 Å². The zero-order valence-electron chi connectivity index (χ0n) is 11.4. The van der Waals surface area contributed by atoms with Crippen molar-refractivity contribution >= 4 is 11.8 Å². The Morgan fingerprint density at radius 3 is 2.70 bits per heavy atom. The second-order valence-electron chi connectivity index (χ2n) is 4.30. The Bertz CT molecular complexity index is 626. The summed E-state index contributed by atoms with van der Waals surface area (Å²) in [5.41, 5.74) is 1.71. The minimum absolute atomic E-state index is 0.216. The zero-order valence-corrected chi connectivity index (χ0v) is 11.4. The molecular weight excluding hydrogens is 256 g/mol. The van der Waals surface area contributed by atoms with Gasteiger partial charge in [-0.2, -0.15) is 0 Å². The molecule has 1 heterocycles. The van der Waals surface area contributed by atoms with Gasteiger partial charge >= 0.3 is 5.97 Å². The van der Waals surface area contributed by atoms with Gasteiger partial charge < -0.3 is 15.2 Å². The highest BCUT2D eigenvalue weighted by atomic mass is 16.5. The van der Waals surface area contributed by atoms with Crippen molar-refractivity contribution in [2.24, 2.45) is 0 Å². The monoisotopic (exact) mass is 272 g/mol. The van der Waals surface area contributed by atoms with Crippen LogP contribution in [0.5, 0.6) is 5.75 Å². The predicted octanol–water partition coefficient (Wildman–Crippen LogP) is 2.71. The van der Waals surface area contributed by atoms with Crippen LogP contribution in [0.1, 0.15) is 21.6 Å². The Balaban J connectivity index is 2.11. The van der Waals surface area contributed by atoms with Gasteiger partial charge in [-0.25, -0.2) is 9.78 Å². The smallest absolute Gasteiger partial charge is 0.337 e. The predicted molar refractivity (Wildman–Crippen MR) is 76.3 cm³/mol. The molecule has 0 aliphatic rings. The summed E-state index contributed by atoms with van der Waals surface area (Å²) in [7, 11) is 1.63.